The van der Waals surface area contributed by atoms with Gasteiger partial charge in [0.25, 0.3) is 0 Å². The van der Waals surface area contributed by atoms with E-state index in [2.05, 4.69) is 17.6 Å². The Morgan fingerprint density at radius 3 is 2.79 bits per heavy atom. The van der Waals surface area contributed by atoms with Crippen molar-refractivity contribution >= 4 is 22.9 Å². The number of aryl methyl sites for hydroxylation is 1. The average molecular weight is 211 g/mol. The molecule has 0 atom stereocenters. The van der Waals surface area contributed by atoms with E-state index in [-0.39, 0.29) is 5.91 Å². The van der Waals surface area contributed by atoms with Gasteiger partial charge in [0.15, 0.2) is 0 Å². The van der Waals surface area contributed by atoms with Gasteiger partial charge in [-0.15, -0.1) is 11.3 Å². The lowest BCUT2D eigenvalue weighted by Gasteiger charge is -2.04. The zero-order chi connectivity index (χ0) is 10.4. The lowest BCUT2D eigenvalue weighted by Crippen LogP contribution is -2.11. The Bertz CT molecular complexity index is 293. The summed E-state index contributed by atoms with van der Waals surface area (Å²) in [7, 11) is 0. The van der Waals surface area contributed by atoms with Crippen molar-refractivity contribution in [1.82, 2.24) is 0 Å². The monoisotopic (exact) mass is 211 g/mol. The van der Waals surface area contributed by atoms with Crippen LogP contribution in [0.1, 0.15) is 38.7 Å². The van der Waals surface area contributed by atoms with Crippen LogP contribution in [0.25, 0.3) is 0 Å². The van der Waals surface area contributed by atoms with Gasteiger partial charge in [-0.05, 0) is 23.8 Å². The van der Waals surface area contributed by atoms with Crippen molar-refractivity contribution in [2.24, 2.45) is 0 Å². The van der Waals surface area contributed by atoms with E-state index in [4.69, 9.17) is 0 Å². The summed E-state index contributed by atoms with van der Waals surface area (Å²) < 4.78 is 0. The summed E-state index contributed by atoms with van der Waals surface area (Å²) in [6.07, 6.45) is 3.68. The highest BCUT2D eigenvalue weighted by atomic mass is 32.1. The molecule has 0 aliphatic heterocycles. The van der Waals surface area contributed by atoms with Crippen molar-refractivity contribution in [2.45, 2.75) is 39.5 Å². The van der Waals surface area contributed by atoms with E-state index in [9.17, 15) is 4.79 Å². The minimum absolute atomic E-state index is 0.128. The molecule has 2 nitrogen and oxygen atoms in total. The molecule has 0 spiro atoms. The predicted octanol–water partition coefficient (Wildman–Crippen LogP) is 3.44. The Morgan fingerprint density at radius 1 is 1.36 bits per heavy atom. The van der Waals surface area contributed by atoms with Crippen LogP contribution in [0.2, 0.25) is 0 Å². The fraction of sp³-hybridized carbons (Fsp3) is 0.545. The highest BCUT2D eigenvalue weighted by Gasteiger charge is 2.06. The van der Waals surface area contributed by atoms with Gasteiger partial charge >= 0.3 is 0 Å². The highest BCUT2D eigenvalue weighted by molar-refractivity contribution is 7.08. The van der Waals surface area contributed by atoms with E-state index in [1.165, 1.54) is 5.56 Å². The number of thiophene rings is 1. The molecule has 0 aromatic carbocycles. The zero-order valence-electron chi connectivity index (χ0n) is 8.80. The van der Waals surface area contributed by atoms with Crippen molar-refractivity contribution in [1.29, 1.82) is 0 Å². The van der Waals surface area contributed by atoms with Gasteiger partial charge < -0.3 is 5.32 Å². The third-order valence-corrected chi connectivity index (χ3v) is 2.81. The summed E-state index contributed by atoms with van der Waals surface area (Å²) in [5.41, 5.74) is 2.28. The van der Waals surface area contributed by atoms with Crippen molar-refractivity contribution in [3.8, 4) is 0 Å². The lowest BCUT2D eigenvalue weighted by atomic mass is 10.2. The maximum Gasteiger partial charge on any atom is 0.224 e. The normalized spacial score (nSPS) is 10.1. The van der Waals surface area contributed by atoms with Crippen LogP contribution < -0.4 is 5.32 Å². The Morgan fingerprint density at radius 2 is 2.14 bits per heavy atom. The molecule has 78 valence electrons. The maximum atomic E-state index is 11.4. The van der Waals surface area contributed by atoms with Gasteiger partial charge in [0.1, 0.15) is 0 Å². The number of hydrogen-bond donors (Lipinski definition) is 1. The van der Waals surface area contributed by atoms with Crippen molar-refractivity contribution in [3.05, 3.63) is 16.3 Å². The van der Waals surface area contributed by atoms with Gasteiger partial charge in [-0.2, -0.15) is 0 Å². The van der Waals surface area contributed by atoms with E-state index in [1.54, 1.807) is 11.3 Å². The molecule has 0 bridgehead atoms. The Balaban J connectivity index is 2.56. The number of carbonyl (C=O) groups is 1. The number of rotatable bonds is 5. The smallest absolute Gasteiger partial charge is 0.224 e. The van der Waals surface area contributed by atoms with Crippen LogP contribution in [0.4, 0.5) is 5.69 Å². The van der Waals surface area contributed by atoms with Crippen LogP contribution in [0.15, 0.2) is 10.8 Å². The SMILES string of the molecule is CCCC(=O)Nc1cscc1CCC. The summed E-state index contributed by atoms with van der Waals surface area (Å²) in [5, 5.41) is 7.08. The predicted molar refractivity (Wildman–Crippen MR) is 61.9 cm³/mol. The van der Waals surface area contributed by atoms with E-state index in [0.29, 0.717) is 6.42 Å². The number of amides is 1. The molecule has 3 heteroatoms. The van der Waals surface area contributed by atoms with Gasteiger partial charge in [-0.1, -0.05) is 20.3 Å². The molecule has 14 heavy (non-hydrogen) atoms. The molecule has 0 saturated heterocycles. The standard InChI is InChI=1S/C11H17NOS/c1-3-5-9-7-14-8-10(9)12-11(13)6-4-2/h7-8H,3-6H2,1-2H3,(H,12,13). The molecular weight excluding hydrogens is 194 g/mol. The van der Waals surface area contributed by atoms with Gasteiger partial charge in [-0.25, -0.2) is 0 Å². The topological polar surface area (TPSA) is 29.1 Å². The second-order valence-corrected chi connectivity index (χ2v) is 4.10. The molecule has 1 aromatic rings. The van der Waals surface area contributed by atoms with Gasteiger partial charge in [-0.3, -0.25) is 4.79 Å². The van der Waals surface area contributed by atoms with Crippen molar-refractivity contribution in [2.75, 3.05) is 5.32 Å². The third kappa shape index (κ3) is 3.14. The molecule has 0 radical (unpaired) electrons. The van der Waals surface area contributed by atoms with Crippen molar-refractivity contribution in [3.63, 3.8) is 0 Å². The Hall–Kier alpha value is -0.830. The molecule has 1 heterocycles. The van der Waals surface area contributed by atoms with E-state index in [1.807, 2.05) is 12.3 Å². The first-order valence-corrected chi connectivity index (χ1v) is 6.07. The molecule has 0 saturated carbocycles. The first-order chi connectivity index (χ1) is 6.77. The summed E-state index contributed by atoms with van der Waals surface area (Å²) >= 11 is 1.65. The fourth-order valence-electron chi connectivity index (χ4n) is 1.34. The Labute approximate surface area is 89.3 Å². The largest absolute Gasteiger partial charge is 0.325 e. The second kappa shape index (κ2) is 5.81. The average Bonchev–Trinajstić information content (AvgIpc) is 2.54. The highest BCUT2D eigenvalue weighted by Crippen LogP contribution is 2.22. The minimum atomic E-state index is 0.128. The number of nitrogens with one attached hydrogen (secondary N) is 1. The molecule has 0 unspecified atom stereocenters. The van der Waals surface area contributed by atoms with Crippen molar-refractivity contribution < 1.29 is 4.79 Å². The molecule has 1 aromatic heterocycles. The molecule has 1 rings (SSSR count). The molecule has 0 aliphatic carbocycles. The quantitative estimate of drug-likeness (QED) is 0.794. The minimum Gasteiger partial charge on any atom is -0.325 e. The van der Waals surface area contributed by atoms with Gasteiger partial charge in [0, 0.05) is 11.8 Å². The Kier molecular flexibility index (Phi) is 4.66. The van der Waals surface area contributed by atoms with Crippen LogP contribution in [-0.4, -0.2) is 5.91 Å². The third-order valence-electron chi connectivity index (χ3n) is 2.01. The summed E-state index contributed by atoms with van der Waals surface area (Å²) in [4.78, 5) is 11.4. The van der Waals surface area contributed by atoms with E-state index in [0.717, 1.165) is 24.9 Å². The summed E-state index contributed by atoms with van der Waals surface area (Å²) in [5.74, 6) is 0.128. The van der Waals surface area contributed by atoms with Crippen LogP contribution >= 0.6 is 11.3 Å². The van der Waals surface area contributed by atoms with Crippen LogP contribution in [0.3, 0.4) is 0 Å². The molecule has 1 amide bonds. The van der Waals surface area contributed by atoms with Gasteiger partial charge in [0.2, 0.25) is 5.91 Å². The molecule has 0 aliphatic rings. The summed E-state index contributed by atoms with van der Waals surface area (Å²) in [6, 6.07) is 0. The second-order valence-electron chi connectivity index (χ2n) is 3.36. The number of hydrogen-bond acceptors (Lipinski definition) is 2. The van der Waals surface area contributed by atoms with Crippen LogP contribution in [0, 0.1) is 0 Å². The van der Waals surface area contributed by atoms with E-state index < -0.39 is 0 Å². The van der Waals surface area contributed by atoms with Gasteiger partial charge in [0.05, 0.1) is 5.69 Å². The number of carbonyl (C=O) groups excluding carboxylic acids is 1. The lowest BCUT2D eigenvalue weighted by molar-refractivity contribution is -0.116. The summed E-state index contributed by atoms with van der Waals surface area (Å²) in [6.45, 7) is 4.16. The van der Waals surface area contributed by atoms with Crippen LogP contribution in [-0.2, 0) is 11.2 Å². The molecule has 1 N–H and O–H groups in total. The first-order valence-electron chi connectivity index (χ1n) is 5.12. The van der Waals surface area contributed by atoms with E-state index >= 15 is 0 Å². The molecular formula is C11H17NOS. The fourth-order valence-corrected chi connectivity index (χ4v) is 2.16. The molecule has 0 fully saturated rings. The van der Waals surface area contributed by atoms with Crippen LogP contribution in [0.5, 0.6) is 0 Å². The number of anilines is 1. The zero-order valence-corrected chi connectivity index (χ0v) is 9.62. The first kappa shape index (κ1) is 11.2. The maximum absolute atomic E-state index is 11.4.